The molecule has 2 heteroatoms. The maximum absolute atomic E-state index is 5.88. The molecular formula is C13H22N2. The van der Waals surface area contributed by atoms with Gasteiger partial charge in [-0.3, -0.25) is 0 Å². The summed E-state index contributed by atoms with van der Waals surface area (Å²) in [5.74, 6) is 0. The standard InChI is InChI=1S/C13H22N2/c1-9-7-10(14)8-11(15(5)6)12(9)13(2,3)4/h7-8H,14H2,1-6H3. The third-order valence-corrected chi connectivity index (χ3v) is 2.57. The van der Waals surface area contributed by atoms with Gasteiger partial charge in [-0.15, -0.1) is 0 Å². The van der Waals surface area contributed by atoms with Crippen molar-refractivity contribution in [3.05, 3.63) is 23.3 Å². The third-order valence-electron chi connectivity index (χ3n) is 2.57. The van der Waals surface area contributed by atoms with Crippen LogP contribution in [0.1, 0.15) is 31.9 Å². The summed E-state index contributed by atoms with van der Waals surface area (Å²) in [7, 11) is 4.12. The second kappa shape index (κ2) is 3.76. The molecule has 0 atom stereocenters. The van der Waals surface area contributed by atoms with E-state index in [1.165, 1.54) is 16.8 Å². The predicted molar refractivity (Wildman–Crippen MR) is 68.6 cm³/mol. The van der Waals surface area contributed by atoms with Gasteiger partial charge in [0.15, 0.2) is 0 Å². The molecule has 0 spiro atoms. The minimum Gasteiger partial charge on any atom is -0.399 e. The van der Waals surface area contributed by atoms with E-state index in [1.807, 2.05) is 12.1 Å². The number of hydrogen-bond donors (Lipinski definition) is 1. The monoisotopic (exact) mass is 206 g/mol. The number of benzene rings is 1. The molecule has 0 amide bonds. The zero-order valence-electron chi connectivity index (χ0n) is 10.7. The summed E-state index contributed by atoms with van der Waals surface area (Å²) in [6.45, 7) is 8.83. The first-order valence-electron chi connectivity index (χ1n) is 5.31. The van der Waals surface area contributed by atoms with E-state index in [-0.39, 0.29) is 5.41 Å². The molecule has 2 N–H and O–H groups in total. The number of hydrogen-bond acceptors (Lipinski definition) is 2. The molecule has 2 nitrogen and oxygen atoms in total. The lowest BCUT2D eigenvalue weighted by Gasteiger charge is -2.29. The van der Waals surface area contributed by atoms with Crippen molar-refractivity contribution < 1.29 is 0 Å². The number of nitrogens with zero attached hydrogens (tertiary/aromatic N) is 1. The fourth-order valence-corrected chi connectivity index (χ4v) is 2.12. The first kappa shape index (κ1) is 11.9. The van der Waals surface area contributed by atoms with Gasteiger partial charge in [0.05, 0.1) is 0 Å². The lowest BCUT2D eigenvalue weighted by atomic mass is 9.82. The molecule has 0 saturated carbocycles. The Bertz CT molecular complexity index is 360. The summed E-state index contributed by atoms with van der Waals surface area (Å²) in [5, 5.41) is 0. The van der Waals surface area contributed by atoms with Crippen molar-refractivity contribution in [1.82, 2.24) is 0 Å². The van der Waals surface area contributed by atoms with E-state index in [1.54, 1.807) is 0 Å². The molecule has 0 aliphatic rings. The second-order valence-corrected chi connectivity index (χ2v) is 5.38. The van der Waals surface area contributed by atoms with Crippen LogP contribution in [0.25, 0.3) is 0 Å². The van der Waals surface area contributed by atoms with Crippen LogP contribution in [0.3, 0.4) is 0 Å². The third kappa shape index (κ3) is 2.44. The van der Waals surface area contributed by atoms with Gasteiger partial charge in [0.2, 0.25) is 0 Å². The Labute approximate surface area is 93.1 Å². The Morgan fingerprint density at radius 3 is 2.07 bits per heavy atom. The van der Waals surface area contributed by atoms with Gasteiger partial charge in [-0.1, -0.05) is 20.8 Å². The van der Waals surface area contributed by atoms with Gasteiger partial charge in [-0.25, -0.2) is 0 Å². The molecule has 84 valence electrons. The molecular weight excluding hydrogens is 184 g/mol. The van der Waals surface area contributed by atoms with Crippen LogP contribution in [-0.4, -0.2) is 14.1 Å². The smallest absolute Gasteiger partial charge is 0.0422 e. The molecule has 0 fully saturated rings. The molecule has 1 aromatic rings. The van der Waals surface area contributed by atoms with E-state index in [4.69, 9.17) is 5.73 Å². The largest absolute Gasteiger partial charge is 0.399 e. The molecule has 0 radical (unpaired) electrons. The first-order valence-corrected chi connectivity index (χ1v) is 5.31. The average Bonchev–Trinajstić information content (AvgIpc) is 1.99. The summed E-state index contributed by atoms with van der Waals surface area (Å²) in [6, 6.07) is 4.10. The van der Waals surface area contributed by atoms with E-state index in [0.717, 1.165) is 5.69 Å². The van der Waals surface area contributed by atoms with Crippen LogP contribution in [0.5, 0.6) is 0 Å². The Hall–Kier alpha value is -1.18. The van der Waals surface area contributed by atoms with E-state index >= 15 is 0 Å². The van der Waals surface area contributed by atoms with Crippen LogP contribution in [0, 0.1) is 6.92 Å². The van der Waals surface area contributed by atoms with Gasteiger partial charge in [0.25, 0.3) is 0 Å². The highest BCUT2D eigenvalue weighted by molar-refractivity contribution is 5.65. The van der Waals surface area contributed by atoms with Crippen LogP contribution >= 0.6 is 0 Å². The molecule has 0 saturated heterocycles. The van der Waals surface area contributed by atoms with Crippen LogP contribution < -0.4 is 10.6 Å². The minimum absolute atomic E-state index is 0.150. The fraction of sp³-hybridized carbons (Fsp3) is 0.538. The van der Waals surface area contributed by atoms with E-state index in [9.17, 15) is 0 Å². The quantitative estimate of drug-likeness (QED) is 0.716. The van der Waals surface area contributed by atoms with Crippen molar-refractivity contribution >= 4 is 11.4 Å². The summed E-state index contributed by atoms with van der Waals surface area (Å²) < 4.78 is 0. The van der Waals surface area contributed by atoms with Crippen LogP contribution in [0.4, 0.5) is 11.4 Å². The van der Waals surface area contributed by atoms with Gasteiger partial charge >= 0.3 is 0 Å². The van der Waals surface area contributed by atoms with E-state index < -0.39 is 0 Å². The highest BCUT2D eigenvalue weighted by Crippen LogP contribution is 2.35. The topological polar surface area (TPSA) is 29.3 Å². The molecule has 0 unspecified atom stereocenters. The molecule has 0 aliphatic heterocycles. The predicted octanol–water partition coefficient (Wildman–Crippen LogP) is 2.94. The lowest BCUT2D eigenvalue weighted by Crippen LogP contribution is -2.21. The van der Waals surface area contributed by atoms with Crippen LogP contribution in [-0.2, 0) is 5.41 Å². The molecule has 1 aromatic carbocycles. The molecule has 0 heterocycles. The van der Waals surface area contributed by atoms with Gasteiger partial charge in [0, 0.05) is 25.5 Å². The van der Waals surface area contributed by atoms with Gasteiger partial charge in [-0.2, -0.15) is 0 Å². The van der Waals surface area contributed by atoms with Crippen molar-refractivity contribution in [2.24, 2.45) is 0 Å². The Morgan fingerprint density at radius 2 is 1.67 bits per heavy atom. The zero-order valence-corrected chi connectivity index (χ0v) is 10.7. The second-order valence-electron chi connectivity index (χ2n) is 5.38. The summed E-state index contributed by atoms with van der Waals surface area (Å²) >= 11 is 0. The average molecular weight is 206 g/mol. The van der Waals surface area contributed by atoms with E-state index in [2.05, 4.69) is 46.7 Å². The number of nitrogens with two attached hydrogens (primary N) is 1. The Kier molecular flexibility index (Phi) is 2.98. The van der Waals surface area contributed by atoms with E-state index in [0.29, 0.717) is 0 Å². The van der Waals surface area contributed by atoms with Crippen LogP contribution in [0.2, 0.25) is 0 Å². The van der Waals surface area contributed by atoms with Crippen molar-refractivity contribution in [3.63, 3.8) is 0 Å². The molecule has 0 bridgehead atoms. The fourth-order valence-electron chi connectivity index (χ4n) is 2.12. The van der Waals surface area contributed by atoms with Crippen molar-refractivity contribution in [2.45, 2.75) is 33.1 Å². The highest BCUT2D eigenvalue weighted by Gasteiger charge is 2.21. The van der Waals surface area contributed by atoms with Gasteiger partial charge < -0.3 is 10.6 Å². The lowest BCUT2D eigenvalue weighted by molar-refractivity contribution is 0.586. The maximum Gasteiger partial charge on any atom is 0.0422 e. The summed E-state index contributed by atoms with van der Waals surface area (Å²) in [6.07, 6.45) is 0. The number of rotatable bonds is 1. The van der Waals surface area contributed by atoms with Gasteiger partial charge in [0.1, 0.15) is 0 Å². The summed E-state index contributed by atoms with van der Waals surface area (Å²) in [4.78, 5) is 2.13. The number of anilines is 2. The van der Waals surface area contributed by atoms with Crippen LogP contribution in [0.15, 0.2) is 12.1 Å². The SMILES string of the molecule is Cc1cc(N)cc(N(C)C)c1C(C)(C)C. The molecule has 15 heavy (non-hydrogen) atoms. The first-order chi connectivity index (χ1) is 6.73. The summed E-state index contributed by atoms with van der Waals surface area (Å²) in [5.41, 5.74) is 10.7. The van der Waals surface area contributed by atoms with Crippen molar-refractivity contribution in [2.75, 3.05) is 24.7 Å². The normalized spacial score (nSPS) is 11.6. The number of nitrogen functional groups attached to an aromatic ring is 1. The number of aryl methyl sites for hydroxylation is 1. The zero-order chi connectivity index (χ0) is 11.8. The minimum atomic E-state index is 0.150. The molecule has 0 aromatic heterocycles. The Morgan fingerprint density at radius 1 is 1.13 bits per heavy atom. The highest BCUT2D eigenvalue weighted by atomic mass is 15.1. The molecule has 0 aliphatic carbocycles. The van der Waals surface area contributed by atoms with Crippen molar-refractivity contribution in [1.29, 1.82) is 0 Å². The van der Waals surface area contributed by atoms with Gasteiger partial charge in [-0.05, 0) is 35.6 Å². The van der Waals surface area contributed by atoms with Crippen molar-refractivity contribution in [3.8, 4) is 0 Å². The Balaban J connectivity index is 3.48. The molecule has 1 rings (SSSR count). The maximum atomic E-state index is 5.88.